The predicted molar refractivity (Wildman–Crippen MR) is 85.6 cm³/mol. The summed E-state index contributed by atoms with van der Waals surface area (Å²) in [7, 11) is 0. The third-order valence-corrected chi connectivity index (χ3v) is 6.28. The van der Waals surface area contributed by atoms with Gasteiger partial charge >= 0.3 is 0 Å². The molecule has 2 atom stereocenters. The van der Waals surface area contributed by atoms with Gasteiger partial charge in [0.1, 0.15) is 17.6 Å². The molecule has 0 saturated heterocycles. The third kappa shape index (κ3) is 2.08. The molecular weight excluding hydrogens is 284 g/mol. The third-order valence-electron chi connectivity index (χ3n) is 4.25. The normalized spacial score (nSPS) is 22.1. The van der Waals surface area contributed by atoms with E-state index < -0.39 is 0 Å². The number of hydrogen-bond donors (Lipinski definition) is 1. The Kier molecular flexibility index (Phi) is 3.10. The molecule has 0 aliphatic carbocycles. The van der Waals surface area contributed by atoms with Gasteiger partial charge in [-0.1, -0.05) is 12.1 Å². The maximum absolute atomic E-state index is 4.79. The molecule has 1 aliphatic rings. The molecule has 2 aromatic heterocycles. The van der Waals surface area contributed by atoms with Crippen LogP contribution in [0.2, 0.25) is 0 Å². The van der Waals surface area contributed by atoms with E-state index in [0.717, 1.165) is 12.1 Å². The van der Waals surface area contributed by atoms with Crippen LogP contribution >= 0.6 is 22.7 Å². The molecule has 0 saturated carbocycles. The fourth-order valence-electron chi connectivity index (χ4n) is 3.08. The van der Waals surface area contributed by atoms with Crippen molar-refractivity contribution in [1.29, 1.82) is 0 Å². The van der Waals surface area contributed by atoms with Crippen molar-refractivity contribution in [2.45, 2.75) is 25.9 Å². The Morgan fingerprint density at radius 3 is 3.10 bits per heavy atom. The second kappa shape index (κ2) is 4.95. The maximum Gasteiger partial charge on any atom is 0.148 e. The second-order valence-electron chi connectivity index (χ2n) is 5.43. The molecule has 1 aliphatic heterocycles. The Morgan fingerprint density at radius 1 is 1.30 bits per heavy atom. The van der Waals surface area contributed by atoms with Crippen molar-refractivity contribution in [3.05, 3.63) is 51.2 Å². The summed E-state index contributed by atoms with van der Waals surface area (Å²) in [5.41, 5.74) is 2.70. The number of rotatable bonds is 2. The van der Waals surface area contributed by atoms with Gasteiger partial charge in [0.25, 0.3) is 0 Å². The van der Waals surface area contributed by atoms with E-state index in [1.807, 2.05) is 22.7 Å². The molecule has 4 rings (SSSR count). The van der Waals surface area contributed by atoms with E-state index >= 15 is 0 Å². The van der Waals surface area contributed by atoms with Gasteiger partial charge in [0.05, 0.1) is 16.8 Å². The number of thiophene rings is 1. The average Bonchev–Trinajstić information content (AvgIpc) is 3.08. The molecule has 0 radical (unpaired) electrons. The van der Waals surface area contributed by atoms with Crippen molar-refractivity contribution in [3.63, 3.8) is 0 Å². The van der Waals surface area contributed by atoms with Crippen molar-refractivity contribution in [1.82, 2.24) is 4.98 Å². The number of hydrogen-bond acceptors (Lipinski definition) is 3. The molecule has 20 heavy (non-hydrogen) atoms. The van der Waals surface area contributed by atoms with Crippen LogP contribution < -0.4 is 4.90 Å². The molecule has 1 N–H and O–H groups in total. The molecule has 0 bridgehead atoms. The monoisotopic (exact) mass is 301 g/mol. The van der Waals surface area contributed by atoms with E-state index in [1.54, 1.807) is 15.3 Å². The van der Waals surface area contributed by atoms with Crippen LogP contribution in [0.15, 0.2) is 35.7 Å². The average molecular weight is 301 g/mol. The minimum Gasteiger partial charge on any atom is -0.323 e. The molecule has 0 spiro atoms. The van der Waals surface area contributed by atoms with E-state index in [0.29, 0.717) is 6.04 Å². The summed E-state index contributed by atoms with van der Waals surface area (Å²) >= 11 is 3.76. The zero-order valence-corrected chi connectivity index (χ0v) is 13.1. The summed E-state index contributed by atoms with van der Waals surface area (Å²) in [6, 6.07) is 11.3. The number of nitrogens with one attached hydrogen (secondary N) is 1. The summed E-state index contributed by atoms with van der Waals surface area (Å²) in [4.78, 5) is 8.02. The maximum atomic E-state index is 4.79. The van der Waals surface area contributed by atoms with Gasteiger partial charge in [0.15, 0.2) is 0 Å². The van der Waals surface area contributed by atoms with Gasteiger partial charge in [-0.05, 0) is 30.5 Å². The number of nitrogens with zero attached hydrogens (tertiary/aromatic N) is 1. The summed E-state index contributed by atoms with van der Waals surface area (Å²) in [6.07, 6.45) is 1.22. The van der Waals surface area contributed by atoms with E-state index in [4.69, 9.17) is 4.98 Å². The summed E-state index contributed by atoms with van der Waals surface area (Å²) in [5.74, 6) is 0. The van der Waals surface area contributed by atoms with Gasteiger partial charge < -0.3 is 4.90 Å². The van der Waals surface area contributed by atoms with E-state index in [1.165, 1.54) is 22.7 Å². The molecular formula is C16H17N2S2+. The molecule has 0 amide bonds. The molecule has 0 fully saturated rings. The lowest BCUT2D eigenvalue weighted by Crippen LogP contribution is -3.11. The Balaban J connectivity index is 1.60. The molecule has 4 heteroatoms. The van der Waals surface area contributed by atoms with Crippen LogP contribution in [0.3, 0.4) is 0 Å². The Hall–Kier alpha value is -1.23. The van der Waals surface area contributed by atoms with Crippen LogP contribution in [0.4, 0.5) is 0 Å². The highest BCUT2D eigenvalue weighted by Gasteiger charge is 2.28. The smallest absolute Gasteiger partial charge is 0.148 e. The van der Waals surface area contributed by atoms with Crippen molar-refractivity contribution < 1.29 is 4.90 Å². The highest BCUT2D eigenvalue weighted by molar-refractivity contribution is 7.18. The summed E-state index contributed by atoms with van der Waals surface area (Å²) in [6.45, 7) is 4.63. The fraction of sp³-hybridized carbons (Fsp3) is 0.312. The van der Waals surface area contributed by atoms with E-state index in [9.17, 15) is 0 Å². The minimum absolute atomic E-state index is 0.594. The zero-order valence-electron chi connectivity index (χ0n) is 11.4. The Bertz CT molecular complexity index is 711. The van der Waals surface area contributed by atoms with Crippen molar-refractivity contribution in [3.8, 4) is 0 Å². The lowest BCUT2D eigenvalue weighted by Gasteiger charge is -2.29. The van der Waals surface area contributed by atoms with Gasteiger partial charge in [-0.15, -0.1) is 22.7 Å². The number of benzene rings is 1. The standard InChI is InChI=1S/C16H16N2S2/c1-11-12-7-9-19-14(12)6-8-18(11)10-16-17-13-4-2-3-5-15(13)20-16/h2-5,7,9,11H,6,8,10H2,1H3/p+1/t11-/m1/s1. The van der Waals surface area contributed by atoms with Crippen molar-refractivity contribution >= 4 is 32.9 Å². The van der Waals surface area contributed by atoms with Crippen LogP contribution in [-0.4, -0.2) is 11.5 Å². The lowest BCUT2D eigenvalue weighted by atomic mass is 10.0. The number of quaternary nitrogens is 1. The summed E-state index contributed by atoms with van der Waals surface area (Å²) in [5, 5.41) is 3.51. The highest BCUT2D eigenvalue weighted by Crippen LogP contribution is 2.26. The molecule has 3 aromatic rings. The lowest BCUT2D eigenvalue weighted by molar-refractivity contribution is -0.945. The van der Waals surface area contributed by atoms with Gasteiger partial charge in [-0.3, -0.25) is 0 Å². The number of para-hydroxylation sites is 1. The SMILES string of the molecule is C[C@@H]1c2ccsc2CC[NH+]1Cc1nc2ccccc2s1. The van der Waals surface area contributed by atoms with Gasteiger partial charge in [-0.25, -0.2) is 4.98 Å². The zero-order chi connectivity index (χ0) is 13.5. The molecule has 102 valence electrons. The van der Waals surface area contributed by atoms with Crippen LogP contribution in [0.25, 0.3) is 10.2 Å². The highest BCUT2D eigenvalue weighted by atomic mass is 32.1. The number of aromatic nitrogens is 1. The number of fused-ring (bicyclic) bond motifs is 2. The first kappa shape index (κ1) is 12.5. The minimum atomic E-state index is 0.594. The Morgan fingerprint density at radius 2 is 2.20 bits per heavy atom. The van der Waals surface area contributed by atoms with E-state index in [2.05, 4.69) is 42.6 Å². The molecule has 1 aromatic carbocycles. The quantitative estimate of drug-likeness (QED) is 0.770. The van der Waals surface area contributed by atoms with Gasteiger partial charge in [-0.2, -0.15) is 0 Å². The van der Waals surface area contributed by atoms with Crippen molar-refractivity contribution in [2.24, 2.45) is 0 Å². The van der Waals surface area contributed by atoms with Crippen LogP contribution in [0.5, 0.6) is 0 Å². The van der Waals surface area contributed by atoms with E-state index in [-0.39, 0.29) is 0 Å². The first-order chi connectivity index (χ1) is 9.81. The fourth-order valence-corrected chi connectivity index (χ4v) is 5.08. The number of thiazole rings is 1. The first-order valence-corrected chi connectivity index (χ1v) is 8.76. The van der Waals surface area contributed by atoms with Crippen LogP contribution in [0.1, 0.15) is 28.4 Å². The molecule has 2 nitrogen and oxygen atoms in total. The summed E-state index contributed by atoms with van der Waals surface area (Å²) < 4.78 is 1.31. The second-order valence-corrected chi connectivity index (χ2v) is 7.55. The van der Waals surface area contributed by atoms with Crippen LogP contribution in [0, 0.1) is 0 Å². The Labute approximate surface area is 126 Å². The predicted octanol–water partition coefficient (Wildman–Crippen LogP) is 3.06. The van der Waals surface area contributed by atoms with Gasteiger partial charge in [0.2, 0.25) is 0 Å². The first-order valence-electron chi connectivity index (χ1n) is 7.06. The molecule has 3 heterocycles. The largest absolute Gasteiger partial charge is 0.323 e. The van der Waals surface area contributed by atoms with Crippen LogP contribution in [-0.2, 0) is 13.0 Å². The molecule has 1 unspecified atom stereocenters. The van der Waals surface area contributed by atoms with Gasteiger partial charge in [0, 0.05) is 16.9 Å². The topological polar surface area (TPSA) is 17.3 Å². The van der Waals surface area contributed by atoms with Crippen molar-refractivity contribution in [2.75, 3.05) is 6.54 Å².